The van der Waals surface area contributed by atoms with Crippen molar-refractivity contribution in [1.82, 2.24) is 0 Å². The second-order valence-electron chi connectivity index (χ2n) is 3.88. The van der Waals surface area contributed by atoms with Crippen LogP contribution in [0, 0.1) is 0 Å². The van der Waals surface area contributed by atoms with Crippen LogP contribution in [0.15, 0.2) is 28.7 Å². The Hall–Kier alpha value is -0.340. The summed E-state index contributed by atoms with van der Waals surface area (Å²) in [4.78, 5) is 0. The maximum atomic E-state index is 9.64. The molecule has 1 N–H and O–H groups in total. The van der Waals surface area contributed by atoms with Gasteiger partial charge in [0.2, 0.25) is 0 Å². The Morgan fingerprint density at radius 1 is 1.31 bits per heavy atom. The Labute approximate surface area is 87.9 Å². The van der Waals surface area contributed by atoms with Crippen molar-refractivity contribution in [3.63, 3.8) is 0 Å². The summed E-state index contributed by atoms with van der Waals surface area (Å²) in [5.41, 5.74) is 0.935. The van der Waals surface area contributed by atoms with Crippen LogP contribution in [0.5, 0.6) is 0 Å². The fraction of sp³-hybridized carbons (Fsp3) is 0.455. The zero-order chi connectivity index (χ0) is 10.1. The van der Waals surface area contributed by atoms with E-state index in [1.54, 1.807) is 0 Å². The van der Waals surface area contributed by atoms with Crippen molar-refractivity contribution < 1.29 is 5.11 Å². The molecule has 0 aromatic heterocycles. The summed E-state index contributed by atoms with van der Waals surface area (Å²) < 4.78 is 1.06. The highest BCUT2D eigenvalue weighted by molar-refractivity contribution is 9.10. The van der Waals surface area contributed by atoms with E-state index in [1.165, 1.54) is 0 Å². The molecule has 0 aliphatic rings. The molecule has 1 rings (SSSR count). The van der Waals surface area contributed by atoms with E-state index in [-0.39, 0.29) is 11.5 Å². The molecule has 13 heavy (non-hydrogen) atoms. The predicted molar refractivity (Wildman–Crippen MR) is 58.8 cm³/mol. The summed E-state index contributed by atoms with van der Waals surface area (Å²) in [5, 5.41) is 9.64. The highest BCUT2D eigenvalue weighted by Gasteiger charge is 2.27. The van der Waals surface area contributed by atoms with Gasteiger partial charge in [-0.05, 0) is 18.6 Å². The lowest BCUT2D eigenvalue weighted by atomic mass is 9.80. The topological polar surface area (TPSA) is 20.2 Å². The molecular weight excluding hydrogens is 228 g/mol. The fourth-order valence-corrected chi connectivity index (χ4v) is 2.00. The van der Waals surface area contributed by atoms with E-state index in [9.17, 15) is 5.11 Å². The molecule has 0 bridgehead atoms. The predicted octanol–water partition coefficient (Wildman–Crippen LogP) is 3.11. The van der Waals surface area contributed by atoms with E-state index in [0.29, 0.717) is 0 Å². The molecule has 1 unspecified atom stereocenters. The van der Waals surface area contributed by atoms with Gasteiger partial charge in [-0.1, -0.05) is 48.0 Å². The SMILES string of the molecule is CC(O)C(C)(C)c1ccccc1Br. The van der Waals surface area contributed by atoms with Gasteiger partial charge in [-0.3, -0.25) is 0 Å². The van der Waals surface area contributed by atoms with E-state index in [0.717, 1.165) is 10.0 Å². The number of aliphatic hydroxyl groups excluding tert-OH is 1. The fourth-order valence-electron chi connectivity index (χ4n) is 1.21. The van der Waals surface area contributed by atoms with Gasteiger partial charge in [0, 0.05) is 9.89 Å². The first-order valence-corrected chi connectivity index (χ1v) is 5.18. The van der Waals surface area contributed by atoms with Crippen LogP contribution in [0.1, 0.15) is 26.3 Å². The molecule has 0 radical (unpaired) electrons. The standard InChI is InChI=1S/C11H15BrO/c1-8(13)11(2,3)9-6-4-5-7-10(9)12/h4-8,13H,1-3H3. The lowest BCUT2D eigenvalue weighted by Crippen LogP contribution is -2.31. The molecule has 1 aromatic rings. The third-order valence-electron chi connectivity index (χ3n) is 2.61. The molecule has 0 fully saturated rings. The van der Waals surface area contributed by atoms with Crippen LogP contribution in [0.25, 0.3) is 0 Å². The summed E-state index contributed by atoms with van der Waals surface area (Å²) in [6.45, 7) is 5.90. The van der Waals surface area contributed by atoms with E-state index >= 15 is 0 Å². The first kappa shape index (κ1) is 10.7. The highest BCUT2D eigenvalue weighted by Crippen LogP contribution is 2.32. The van der Waals surface area contributed by atoms with Gasteiger partial charge in [0.05, 0.1) is 6.10 Å². The van der Waals surface area contributed by atoms with Crippen LogP contribution in [0.4, 0.5) is 0 Å². The lowest BCUT2D eigenvalue weighted by Gasteiger charge is -2.29. The minimum Gasteiger partial charge on any atom is -0.393 e. The Bertz CT molecular complexity index is 292. The van der Waals surface area contributed by atoms with E-state index in [1.807, 2.05) is 45.0 Å². The Balaban J connectivity index is 3.14. The third kappa shape index (κ3) is 2.12. The number of benzene rings is 1. The van der Waals surface area contributed by atoms with Crippen LogP contribution in [-0.4, -0.2) is 11.2 Å². The lowest BCUT2D eigenvalue weighted by molar-refractivity contribution is 0.117. The molecule has 1 aromatic carbocycles. The summed E-state index contributed by atoms with van der Waals surface area (Å²) in [6, 6.07) is 8.01. The number of hydrogen-bond donors (Lipinski definition) is 1. The Kier molecular flexibility index (Phi) is 3.14. The van der Waals surface area contributed by atoms with Crippen molar-refractivity contribution in [3.05, 3.63) is 34.3 Å². The maximum Gasteiger partial charge on any atom is 0.0603 e. The maximum absolute atomic E-state index is 9.64. The average Bonchev–Trinajstić information content (AvgIpc) is 2.04. The summed E-state index contributed by atoms with van der Waals surface area (Å²) in [6.07, 6.45) is -0.355. The molecule has 0 aliphatic carbocycles. The minimum atomic E-state index is -0.355. The normalized spacial score (nSPS) is 14.2. The van der Waals surface area contributed by atoms with Gasteiger partial charge in [-0.25, -0.2) is 0 Å². The summed E-state index contributed by atoms with van der Waals surface area (Å²) in [5.74, 6) is 0. The molecule has 72 valence electrons. The largest absolute Gasteiger partial charge is 0.393 e. The molecule has 0 amide bonds. The number of aliphatic hydroxyl groups is 1. The zero-order valence-corrected chi connectivity index (χ0v) is 9.80. The Morgan fingerprint density at radius 3 is 2.31 bits per heavy atom. The quantitative estimate of drug-likeness (QED) is 0.846. The van der Waals surface area contributed by atoms with E-state index in [2.05, 4.69) is 15.9 Å². The molecule has 1 atom stereocenters. The van der Waals surface area contributed by atoms with Crippen molar-refractivity contribution in [1.29, 1.82) is 0 Å². The van der Waals surface area contributed by atoms with Gasteiger partial charge >= 0.3 is 0 Å². The molecule has 0 saturated carbocycles. The van der Waals surface area contributed by atoms with Gasteiger partial charge in [0.15, 0.2) is 0 Å². The molecule has 0 heterocycles. The van der Waals surface area contributed by atoms with Gasteiger partial charge in [0.25, 0.3) is 0 Å². The van der Waals surface area contributed by atoms with Crippen LogP contribution in [0.2, 0.25) is 0 Å². The van der Waals surface area contributed by atoms with Crippen molar-refractivity contribution in [2.24, 2.45) is 0 Å². The van der Waals surface area contributed by atoms with Crippen LogP contribution < -0.4 is 0 Å². The molecule has 2 heteroatoms. The number of hydrogen-bond acceptors (Lipinski definition) is 1. The molecule has 0 saturated heterocycles. The monoisotopic (exact) mass is 242 g/mol. The molecule has 0 aliphatic heterocycles. The first-order chi connectivity index (χ1) is 5.96. The van der Waals surface area contributed by atoms with Gasteiger partial charge in [-0.2, -0.15) is 0 Å². The van der Waals surface area contributed by atoms with Crippen LogP contribution in [-0.2, 0) is 5.41 Å². The number of halogens is 1. The van der Waals surface area contributed by atoms with E-state index < -0.39 is 0 Å². The minimum absolute atomic E-state index is 0.208. The molecule has 0 spiro atoms. The van der Waals surface area contributed by atoms with Crippen molar-refractivity contribution in [2.75, 3.05) is 0 Å². The second kappa shape index (κ2) is 3.81. The van der Waals surface area contributed by atoms with Crippen LogP contribution >= 0.6 is 15.9 Å². The van der Waals surface area contributed by atoms with Gasteiger partial charge in [0.1, 0.15) is 0 Å². The molecular formula is C11H15BrO. The van der Waals surface area contributed by atoms with Gasteiger partial charge in [-0.15, -0.1) is 0 Å². The highest BCUT2D eigenvalue weighted by atomic mass is 79.9. The second-order valence-corrected chi connectivity index (χ2v) is 4.73. The molecule has 1 nitrogen and oxygen atoms in total. The van der Waals surface area contributed by atoms with Crippen molar-refractivity contribution in [2.45, 2.75) is 32.3 Å². The third-order valence-corrected chi connectivity index (χ3v) is 3.30. The van der Waals surface area contributed by atoms with Crippen molar-refractivity contribution in [3.8, 4) is 0 Å². The summed E-state index contributed by atoms with van der Waals surface area (Å²) >= 11 is 3.49. The smallest absolute Gasteiger partial charge is 0.0603 e. The van der Waals surface area contributed by atoms with E-state index in [4.69, 9.17) is 0 Å². The van der Waals surface area contributed by atoms with Crippen molar-refractivity contribution >= 4 is 15.9 Å². The summed E-state index contributed by atoms with van der Waals surface area (Å²) in [7, 11) is 0. The van der Waals surface area contributed by atoms with Gasteiger partial charge < -0.3 is 5.11 Å². The van der Waals surface area contributed by atoms with Crippen LogP contribution in [0.3, 0.4) is 0 Å². The average molecular weight is 243 g/mol. The first-order valence-electron chi connectivity index (χ1n) is 4.39. The Morgan fingerprint density at radius 2 is 1.85 bits per heavy atom. The number of rotatable bonds is 2. The zero-order valence-electron chi connectivity index (χ0n) is 8.21.